The van der Waals surface area contributed by atoms with Gasteiger partial charge in [-0.25, -0.2) is 0 Å². The van der Waals surface area contributed by atoms with Gasteiger partial charge < -0.3 is 15.2 Å². The Labute approximate surface area is 141 Å². The fraction of sp³-hybridized carbons (Fsp3) is 0.529. The lowest BCUT2D eigenvalue weighted by molar-refractivity contribution is -0.157. The van der Waals surface area contributed by atoms with Crippen molar-refractivity contribution in [2.45, 2.75) is 38.5 Å². The van der Waals surface area contributed by atoms with Gasteiger partial charge in [-0.05, 0) is 49.9 Å². The maximum atomic E-state index is 11.8. The summed E-state index contributed by atoms with van der Waals surface area (Å²) in [5.41, 5.74) is -0.818. The first-order chi connectivity index (χ1) is 11.0. The first-order valence-corrected chi connectivity index (χ1v) is 8.28. The lowest BCUT2D eigenvalue weighted by Crippen LogP contribution is -2.42. The highest BCUT2D eigenvalue weighted by molar-refractivity contribution is 6.30. The summed E-state index contributed by atoms with van der Waals surface area (Å²) in [6, 6.07) is 7.17. The van der Waals surface area contributed by atoms with E-state index in [1.807, 2.05) is 12.1 Å². The van der Waals surface area contributed by atoms with Gasteiger partial charge in [0.15, 0.2) is 0 Å². The van der Waals surface area contributed by atoms with Crippen molar-refractivity contribution >= 4 is 23.5 Å². The summed E-state index contributed by atoms with van der Waals surface area (Å²) < 4.78 is 5.56. The zero-order valence-electron chi connectivity index (χ0n) is 13.0. The molecule has 0 spiro atoms. The fourth-order valence-corrected chi connectivity index (χ4v) is 2.74. The fourth-order valence-electron chi connectivity index (χ4n) is 2.62. The minimum absolute atomic E-state index is 0.0869. The SMILES string of the molecule is O=C(CC1(C(=O)O)CCC1)NCCCCOc1ccc(Cl)cc1. The van der Waals surface area contributed by atoms with E-state index in [1.54, 1.807) is 12.1 Å². The summed E-state index contributed by atoms with van der Waals surface area (Å²) in [5.74, 6) is -0.257. The van der Waals surface area contributed by atoms with Crippen LogP contribution in [0.2, 0.25) is 5.02 Å². The van der Waals surface area contributed by atoms with Gasteiger partial charge in [0, 0.05) is 18.0 Å². The molecule has 0 atom stereocenters. The third-order valence-corrected chi connectivity index (χ3v) is 4.49. The molecule has 0 radical (unpaired) electrons. The second kappa shape index (κ2) is 8.20. The van der Waals surface area contributed by atoms with Crippen LogP contribution in [0.1, 0.15) is 38.5 Å². The van der Waals surface area contributed by atoms with Crippen LogP contribution in [0, 0.1) is 5.41 Å². The van der Waals surface area contributed by atoms with Crippen molar-refractivity contribution in [3.05, 3.63) is 29.3 Å². The van der Waals surface area contributed by atoms with E-state index in [4.69, 9.17) is 16.3 Å². The summed E-state index contributed by atoms with van der Waals surface area (Å²) in [5, 5.41) is 12.7. The van der Waals surface area contributed by atoms with Crippen molar-refractivity contribution in [2.24, 2.45) is 5.41 Å². The Morgan fingerprint density at radius 3 is 2.48 bits per heavy atom. The zero-order valence-corrected chi connectivity index (χ0v) is 13.8. The molecule has 1 aromatic rings. The van der Waals surface area contributed by atoms with Gasteiger partial charge in [-0.15, -0.1) is 0 Å². The molecule has 1 aliphatic carbocycles. The Balaban J connectivity index is 1.56. The van der Waals surface area contributed by atoms with Crippen LogP contribution in [-0.2, 0) is 9.59 Å². The van der Waals surface area contributed by atoms with Crippen LogP contribution in [0.5, 0.6) is 5.75 Å². The number of carboxylic acid groups (broad SMARTS) is 1. The summed E-state index contributed by atoms with van der Waals surface area (Å²) in [6.45, 7) is 1.11. The third kappa shape index (κ3) is 5.13. The lowest BCUT2D eigenvalue weighted by Gasteiger charge is -2.36. The highest BCUT2D eigenvalue weighted by Gasteiger charge is 2.45. The molecule has 1 fully saturated rings. The van der Waals surface area contributed by atoms with E-state index in [-0.39, 0.29) is 12.3 Å². The van der Waals surface area contributed by atoms with E-state index >= 15 is 0 Å². The van der Waals surface area contributed by atoms with Crippen LogP contribution in [-0.4, -0.2) is 30.1 Å². The maximum Gasteiger partial charge on any atom is 0.310 e. The average molecular weight is 340 g/mol. The second-order valence-corrected chi connectivity index (χ2v) is 6.41. The molecule has 1 aliphatic rings. The van der Waals surface area contributed by atoms with Gasteiger partial charge in [0.1, 0.15) is 5.75 Å². The highest BCUT2D eigenvalue weighted by Crippen LogP contribution is 2.44. The molecular formula is C17H22ClNO4. The number of rotatable bonds is 9. The predicted molar refractivity (Wildman–Crippen MR) is 87.7 cm³/mol. The number of benzene rings is 1. The van der Waals surface area contributed by atoms with E-state index in [0.717, 1.165) is 25.0 Å². The summed E-state index contributed by atoms with van der Waals surface area (Å²) in [7, 11) is 0. The Hall–Kier alpha value is -1.75. The predicted octanol–water partition coefficient (Wildman–Crippen LogP) is 3.26. The molecule has 6 heteroatoms. The quantitative estimate of drug-likeness (QED) is 0.677. The molecule has 0 unspecified atom stereocenters. The van der Waals surface area contributed by atoms with Crippen molar-refractivity contribution in [3.8, 4) is 5.75 Å². The number of amides is 1. The van der Waals surface area contributed by atoms with Gasteiger partial charge in [0.25, 0.3) is 0 Å². The van der Waals surface area contributed by atoms with Crippen LogP contribution < -0.4 is 10.1 Å². The van der Waals surface area contributed by atoms with Gasteiger partial charge in [0.05, 0.1) is 12.0 Å². The summed E-state index contributed by atoms with van der Waals surface area (Å²) in [6.07, 6.45) is 3.78. The number of carbonyl (C=O) groups is 2. The van der Waals surface area contributed by atoms with Gasteiger partial charge in [-0.2, -0.15) is 0 Å². The number of unbranched alkanes of at least 4 members (excludes halogenated alkanes) is 1. The molecule has 1 aromatic carbocycles. The van der Waals surface area contributed by atoms with Crippen molar-refractivity contribution in [3.63, 3.8) is 0 Å². The molecule has 2 N–H and O–H groups in total. The largest absolute Gasteiger partial charge is 0.494 e. The molecule has 0 aliphatic heterocycles. The average Bonchev–Trinajstić information content (AvgIpc) is 2.48. The zero-order chi connectivity index (χ0) is 16.7. The number of halogens is 1. The Morgan fingerprint density at radius 2 is 1.91 bits per heavy atom. The number of carboxylic acids is 1. The molecule has 1 amide bonds. The Kier molecular flexibility index (Phi) is 6.28. The van der Waals surface area contributed by atoms with Gasteiger partial charge in [-0.3, -0.25) is 9.59 Å². The van der Waals surface area contributed by atoms with Crippen molar-refractivity contribution < 1.29 is 19.4 Å². The molecule has 23 heavy (non-hydrogen) atoms. The van der Waals surface area contributed by atoms with Crippen LogP contribution in [0.4, 0.5) is 0 Å². The molecule has 0 heterocycles. The number of hydrogen-bond donors (Lipinski definition) is 2. The Bertz CT molecular complexity index is 540. The molecule has 5 nitrogen and oxygen atoms in total. The van der Waals surface area contributed by atoms with Crippen LogP contribution in [0.15, 0.2) is 24.3 Å². The molecule has 126 valence electrons. The topological polar surface area (TPSA) is 75.6 Å². The first-order valence-electron chi connectivity index (χ1n) is 7.90. The van der Waals surface area contributed by atoms with Crippen LogP contribution in [0.25, 0.3) is 0 Å². The maximum absolute atomic E-state index is 11.8. The normalized spacial score (nSPS) is 15.5. The molecule has 0 bridgehead atoms. The molecule has 2 rings (SSSR count). The monoisotopic (exact) mass is 339 g/mol. The molecule has 0 saturated heterocycles. The standard InChI is InChI=1S/C17H22ClNO4/c18-13-4-6-14(7-5-13)23-11-2-1-10-19-15(20)12-17(16(21)22)8-3-9-17/h4-7H,1-3,8-12H2,(H,19,20)(H,21,22). The van der Waals surface area contributed by atoms with E-state index in [0.29, 0.717) is 31.0 Å². The molecule has 0 aromatic heterocycles. The number of aliphatic carboxylic acids is 1. The van der Waals surface area contributed by atoms with Gasteiger partial charge in [-0.1, -0.05) is 18.0 Å². The number of hydrogen-bond acceptors (Lipinski definition) is 3. The third-order valence-electron chi connectivity index (χ3n) is 4.24. The molecule has 1 saturated carbocycles. The van der Waals surface area contributed by atoms with Crippen molar-refractivity contribution in [1.82, 2.24) is 5.32 Å². The minimum Gasteiger partial charge on any atom is -0.494 e. The van der Waals surface area contributed by atoms with Gasteiger partial charge >= 0.3 is 5.97 Å². The lowest BCUT2D eigenvalue weighted by atomic mass is 9.66. The first kappa shape index (κ1) is 17.6. The van der Waals surface area contributed by atoms with E-state index in [9.17, 15) is 14.7 Å². The Morgan fingerprint density at radius 1 is 1.22 bits per heavy atom. The minimum atomic E-state index is -0.852. The summed E-state index contributed by atoms with van der Waals surface area (Å²) in [4.78, 5) is 23.0. The number of ether oxygens (including phenoxy) is 1. The smallest absolute Gasteiger partial charge is 0.310 e. The van der Waals surface area contributed by atoms with Crippen LogP contribution >= 0.6 is 11.6 Å². The van der Waals surface area contributed by atoms with Gasteiger partial charge in [0.2, 0.25) is 5.91 Å². The van der Waals surface area contributed by atoms with Crippen LogP contribution in [0.3, 0.4) is 0 Å². The molecular weight excluding hydrogens is 318 g/mol. The second-order valence-electron chi connectivity index (χ2n) is 5.98. The van der Waals surface area contributed by atoms with E-state index in [1.165, 1.54) is 0 Å². The summed E-state index contributed by atoms with van der Waals surface area (Å²) >= 11 is 5.79. The number of carbonyl (C=O) groups excluding carboxylic acids is 1. The van der Waals surface area contributed by atoms with E-state index < -0.39 is 11.4 Å². The van der Waals surface area contributed by atoms with E-state index in [2.05, 4.69) is 5.32 Å². The van der Waals surface area contributed by atoms with Crippen molar-refractivity contribution in [2.75, 3.05) is 13.2 Å². The van der Waals surface area contributed by atoms with Crippen molar-refractivity contribution in [1.29, 1.82) is 0 Å². The highest BCUT2D eigenvalue weighted by atomic mass is 35.5. The number of nitrogens with one attached hydrogen (secondary N) is 1.